The third kappa shape index (κ3) is 2.66. The van der Waals surface area contributed by atoms with Gasteiger partial charge in [0, 0.05) is 4.75 Å². The van der Waals surface area contributed by atoms with Gasteiger partial charge in [-0.3, -0.25) is 9.59 Å². The molecule has 2 amide bonds. The van der Waals surface area contributed by atoms with Gasteiger partial charge in [0.05, 0.1) is 14.2 Å². The maximum atomic E-state index is 12.8. The van der Waals surface area contributed by atoms with Gasteiger partial charge in [-0.25, -0.2) is 4.79 Å². The van der Waals surface area contributed by atoms with Crippen LogP contribution in [0.15, 0.2) is 18.2 Å². The van der Waals surface area contributed by atoms with Crippen LogP contribution >= 0.6 is 11.8 Å². The Morgan fingerprint density at radius 1 is 1.23 bits per heavy atom. The number of fused-ring (bicyclic) bond motifs is 1. The van der Waals surface area contributed by atoms with E-state index in [-0.39, 0.29) is 5.56 Å². The highest BCUT2D eigenvalue weighted by Gasteiger charge is 2.64. The fourth-order valence-corrected chi connectivity index (χ4v) is 5.06. The molecule has 0 aromatic heterocycles. The van der Waals surface area contributed by atoms with E-state index in [0.717, 1.165) is 0 Å². The van der Waals surface area contributed by atoms with Crippen LogP contribution in [0, 0.1) is 0 Å². The van der Waals surface area contributed by atoms with E-state index in [9.17, 15) is 19.5 Å². The van der Waals surface area contributed by atoms with Gasteiger partial charge in [-0.2, -0.15) is 0 Å². The highest BCUT2D eigenvalue weighted by Crippen LogP contribution is 2.50. The normalized spacial score (nSPS) is 25.9. The fourth-order valence-electron chi connectivity index (χ4n) is 3.43. The van der Waals surface area contributed by atoms with Gasteiger partial charge in [0.15, 0.2) is 0 Å². The molecule has 0 saturated carbocycles. The number of thioether (sulfide) groups is 1. The Morgan fingerprint density at radius 2 is 1.81 bits per heavy atom. The zero-order valence-electron chi connectivity index (χ0n) is 14.8. The Morgan fingerprint density at radius 3 is 2.31 bits per heavy atom. The lowest BCUT2D eigenvalue weighted by Crippen LogP contribution is -2.70. The molecule has 0 radical (unpaired) electrons. The molecule has 2 fully saturated rings. The summed E-state index contributed by atoms with van der Waals surface area (Å²) >= 11 is 1.37. The predicted molar refractivity (Wildman–Crippen MR) is 94.5 cm³/mol. The van der Waals surface area contributed by atoms with Crippen molar-refractivity contribution in [3.8, 4) is 11.5 Å². The Bertz CT molecular complexity index is 758. The summed E-state index contributed by atoms with van der Waals surface area (Å²) < 4.78 is 9.79. The first-order valence-corrected chi connectivity index (χ1v) is 8.85. The molecule has 2 saturated heterocycles. The number of hydrogen-bond acceptors (Lipinski definition) is 6. The number of carboxylic acid groups (broad SMARTS) is 1. The summed E-state index contributed by atoms with van der Waals surface area (Å²) in [6.45, 7) is 3.56. The lowest BCUT2D eigenvalue weighted by Gasteiger charge is -2.43. The number of carbonyl (C=O) groups is 3. The van der Waals surface area contributed by atoms with Gasteiger partial charge in [0.25, 0.3) is 5.91 Å². The molecule has 3 rings (SSSR count). The lowest BCUT2D eigenvalue weighted by molar-refractivity contribution is -0.159. The summed E-state index contributed by atoms with van der Waals surface area (Å²) in [4.78, 5) is 38.1. The van der Waals surface area contributed by atoms with Crippen LogP contribution in [0.5, 0.6) is 11.5 Å². The van der Waals surface area contributed by atoms with Crippen molar-refractivity contribution in [3.05, 3.63) is 23.8 Å². The van der Waals surface area contributed by atoms with Crippen LogP contribution < -0.4 is 14.8 Å². The van der Waals surface area contributed by atoms with Crippen LogP contribution in [0.4, 0.5) is 0 Å². The number of amides is 2. The van der Waals surface area contributed by atoms with Crippen LogP contribution in [0.3, 0.4) is 0 Å². The molecule has 2 aliphatic rings. The van der Waals surface area contributed by atoms with Crippen LogP contribution in [-0.2, 0) is 9.59 Å². The predicted octanol–water partition coefficient (Wildman–Crippen LogP) is 0.949. The summed E-state index contributed by atoms with van der Waals surface area (Å²) in [5.74, 6) is -1.30. The molecule has 3 atom stereocenters. The number of β-lactam (4-membered cyclic amide) rings is 1. The second-order valence-electron chi connectivity index (χ2n) is 6.59. The molecule has 1 aromatic carbocycles. The summed E-state index contributed by atoms with van der Waals surface area (Å²) in [6, 6.07) is 3.24. The second-order valence-corrected chi connectivity index (χ2v) is 8.36. The lowest BCUT2D eigenvalue weighted by atomic mass is 9.96. The van der Waals surface area contributed by atoms with E-state index >= 15 is 0 Å². The van der Waals surface area contributed by atoms with E-state index in [1.807, 2.05) is 0 Å². The van der Waals surface area contributed by atoms with Gasteiger partial charge in [0.1, 0.15) is 34.5 Å². The Balaban J connectivity index is 1.83. The topological polar surface area (TPSA) is 105 Å². The Kier molecular flexibility index (Phi) is 4.51. The quantitative estimate of drug-likeness (QED) is 0.733. The van der Waals surface area contributed by atoms with Gasteiger partial charge < -0.3 is 24.8 Å². The number of benzene rings is 1. The van der Waals surface area contributed by atoms with Crippen molar-refractivity contribution in [2.24, 2.45) is 0 Å². The van der Waals surface area contributed by atoms with Crippen molar-refractivity contribution in [1.29, 1.82) is 0 Å². The fraction of sp³-hybridized carbons (Fsp3) is 0.471. The molecule has 2 aliphatic heterocycles. The number of nitrogens with zero attached hydrogens (tertiary/aromatic N) is 1. The standard InChI is InChI=1S/C17H20N2O6S/c1-17(2)12(16(22)23)19-14(21)11(15(19)26-17)18-13(20)10-8(24-3)6-5-7-9(10)25-4/h5-7,11-12,15H,1-4H3,(H,18,20)(H,22,23)/t11-,12+,15?/m1/s1. The number of methoxy groups -OCH3 is 2. The minimum Gasteiger partial charge on any atom is -0.496 e. The third-order valence-electron chi connectivity index (χ3n) is 4.62. The summed E-state index contributed by atoms with van der Waals surface area (Å²) in [6.07, 6.45) is 0. The number of hydrogen-bond donors (Lipinski definition) is 2. The smallest absolute Gasteiger partial charge is 0.327 e. The first-order valence-electron chi connectivity index (χ1n) is 7.97. The Labute approximate surface area is 154 Å². The maximum Gasteiger partial charge on any atom is 0.327 e. The van der Waals surface area contributed by atoms with Gasteiger partial charge in [-0.15, -0.1) is 11.8 Å². The molecule has 26 heavy (non-hydrogen) atoms. The minimum atomic E-state index is -1.05. The van der Waals surface area contributed by atoms with Gasteiger partial charge >= 0.3 is 5.97 Å². The molecule has 1 aromatic rings. The van der Waals surface area contributed by atoms with Crippen LogP contribution in [-0.4, -0.2) is 64.2 Å². The Hall–Kier alpha value is -2.42. The van der Waals surface area contributed by atoms with Gasteiger partial charge in [0.2, 0.25) is 5.91 Å². The molecule has 9 heteroatoms. The van der Waals surface area contributed by atoms with Crippen molar-refractivity contribution in [2.45, 2.75) is 36.1 Å². The van der Waals surface area contributed by atoms with Crippen molar-refractivity contribution in [3.63, 3.8) is 0 Å². The summed E-state index contributed by atoms with van der Waals surface area (Å²) in [5.41, 5.74) is 0.195. The van der Waals surface area contributed by atoms with Crippen molar-refractivity contribution < 1.29 is 29.0 Å². The molecule has 140 valence electrons. The van der Waals surface area contributed by atoms with E-state index in [4.69, 9.17) is 9.47 Å². The number of nitrogens with one attached hydrogen (secondary N) is 1. The second kappa shape index (κ2) is 6.39. The molecule has 0 aliphatic carbocycles. The number of carboxylic acids is 1. The highest BCUT2D eigenvalue weighted by molar-refractivity contribution is 8.01. The van der Waals surface area contributed by atoms with Crippen LogP contribution in [0.1, 0.15) is 24.2 Å². The van der Waals surface area contributed by atoms with Crippen LogP contribution in [0.25, 0.3) is 0 Å². The van der Waals surface area contributed by atoms with E-state index in [1.165, 1.54) is 30.9 Å². The first kappa shape index (κ1) is 18.4. The van der Waals surface area contributed by atoms with Crippen molar-refractivity contribution in [2.75, 3.05) is 14.2 Å². The highest BCUT2D eigenvalue weighted by atomic mass is 32.2. The minimum absolute atomic E-state index is 0.195. The maximum absolute atomic E-state index is 12.8. The average molecular weight is 380 g/mol. The average Bonchev–Trinajstić information content (AvgIpc) is 2.86. The molecule has 8 nitrogen and oxygen atoms in total. The van der Waals surface area contributed by atoms with E-state index < -0.39 is 40.0 Å². The molecule has 2 N–H and O–H groups in total. The first-order chi connectivity index (χ1) is 12.2. The molecule has 0 spiro atoms. The van der Waals surface area contributed by atoms with Gasteiger partial charge in [-0.05, 0) is 26.0 Å². The number of rotatable bonds is 5. The largest absolute Gasteiger partial charge is 0.496 e. The third-order valence-corrected chi connectivity index (χ3v) is 6.19. The van der Waals surface area contributed by atoms with Crippen molar-refractivity contribution in [1.82, 2.24) is 10.2 Å². The molecule has 2 heterocycles. The number of ether oxygens (including phenoxy) is 2. The molecular formula is C17H20N2O6S. The van der Waals surface area contributed by atoms with E-state index in [1.54, 1.807) is 32.0 Å². The zero-order valence-corrected chi connectivity index (χ0v) is 15.6. The molecule has 1 unspecified atom stereocenters. The number of aliphatic carboxylic acids is 1. The molecular weight excluding hydrogens is 360 g/mol. The zero-order chi connectivity index (χ0) is 19.2. The van der Waals surface area contributed by atoms with E-state index in [2.05, 4.69) is 5.32 Å². The van der Waals surface area contributed by atoms with Crippen LogP contribution in [0.2, 0.25) is 0 Å². The monoisotopic (exact) mass is 380 g/mol. The molecule has 0 bridgehead atoms. The SMILES string of the molecule is COc1cccc(OC)c1C(=O)N[C@@H]1C(=O)N2C1SC(C)(C)[C@@H]2C(=O)O. The van der Waals surface area contributed by atoms with Crippen molar-refractivity contribution >= 4 is 29.5 Å². The van der Waals surface area contributed by atoms with Gasteiger partial charge in [-0.1, -0.05) is 6.07 Å². The van der Waals surface area contributed by atoms with E-state index in [0.29, 0.717) is 11.5 Å². The summed E-state index contributed by atoms with van der Waals surface area (Å²) in [7, 11) is 2.88. The summed E-state index contributed by atoms with van der Waals surface area (Å²) in [5, 5.41) is 11.7. The number of carbonyl (C=O) groups excluding carboxylic acids is 2.